The molecular formula is C19H18N2S2. The molecule has 0 amide bonds. The lowest BCUT2D eigenvalue weighted by atomic mass is 10.00. The zero-order chi connectivity index (χ0) is 16.1. The van der Waals surface area contributed by atoms with Crippen molar-refractivity contribution in [1.82, 2.24) is 4.90 Å². The van der Waals surface area contributed by atoms with E-state index in [4.69, 9.17) is 12.2 Å². The predicted molar refractivity (Wildman–Crippen MR) is 101 cm³/mol. The summed E-state index contributed by atoms with van der Waals surface area (Å²) >= 11 is 7.24. The average molecular weight is 339 g/mol. The molecule has 4 heteroatoms. The van der Waals surface area contributed by atoms with E-state index < -0.39 is 0 Å². The molecule has 2 aromatic rings. The van der Waals surface area contributed by atoms with Crippen molar-refractivity contribution < 1.29 is 0 Å². The molecule has 0 aromatic heterocycles. The summed E-state index contributed by atoms with van der Waals surface area (Å²) in [4.78, 5) is 2.30. The molecule has 1 heterocycles. The highest BCUT2D eigenvalue weighted by Gasteiger charge is 2.14. The van der Waals surface area contributed by atoms with Crippen LogP contribution in [0.4, 0.5) is 0 Å². The maximum Gasteiger partial charge on any atom is 0.136 e. The fourth-order valence-corrected chi connectivity index (χ4v) is 3.96. The van der Waals surface area contributed by atoms with Gasteiger partial charge >= 0.3 is 0 Å². The summed E-state index contributed by atoms with van der Waals surface area (Å²) in [6, 6.07) is 18.4. The first kappa shape index (κ1) is 16.0. The first-order chi connectivity index (χ1) is 11.3. The van der Waals surface area contributed by atoms with E-state index in [-0.39, 0.29) is 0 Å². The lowest BCUT2D eigenvalue weighted by Gasteiger charge is -2.17. The van der Waals surface area contributed by atoms with Crippen LogP contribution in [0.15, 0.2) is 48.5 Å². The molecule has 0 unspecified atom stereocenters. The van der Waals surface area contributed by atoms with Crippen LogP contribution in [0.2, 0.25) is 0 Å². The number of likely N-dealkylation sites (tertiary alicyclic amines) is 1. The van der Waals surface area contributed by atoms with Crippen LogP contribution in [0.1, 0.15) is 24.0 Å². The van der Waals surface area contributed by atoms with Crippen LogP contribution in [-0.2, 0) is 5.75 Å². The van der Waals surface area contributed by atoms with Crippen molar-refractivity contribution in [3.8, 4) is 17.2 Å². The van der Waals surface area contributed by atoms with Crippen LogP contribution in [0.25, 0.3) is 11.1 Å². The fraction of sp³-hybridized carbons (Fsp3) is 0.263. The highest BCUT2D eigenvalue weighted by atomic mass is 32.2. The third kappa shape index (κ3) is 3.93. The van der Waals surface area contributed by atoms with Crippen molar-refractivity contribution in [2.45, 2.75) is 18.6 Å². The average Bonchev–Trinajstić information content (AvgIpc) is 3.15. The van der Waals surface area contributed by atoms with E-state index in [0.29, 0.717) is 5.56 Å². The summed E-state index contributed by atoms with van der Waals surface area (Å²) < 4.78 is 1.02. The Hall–Kier alpha value is -1.83. The summed E-state index contributed by atoms with van der Waals surface area (Å²) in [6.45, 7) is 2.21. The highest BCUT2D eigenvalue weighted by molar-refractivity contribution is 8.22. The Morgan fingerprint density at radius 1 is 1.09 bits per heavy atom. The lowest BCUT2D eigenvalue weighted by molar-refractivity contribution is 0.539. The minimum absolute atomic E-state index is 0.713. The molecule has 1 aliphatic rings. The number of hydrogen-bond acceptors (Lipinski definition) is 3. The summed E-state index contributed by atoms with van der Waals surface area (Å²) in [6.07, 6.45) is 2.52. The molecule has 1 saturated heterocycles. The van der Waals surface area contributed by atoms with Crippen molar-refractivity contribution in [1.29, 1.82) is 5.26 Å². The van der Waals surface area contributed by atoms with Crippen molar-refractivity contribution in [2.75, 3.05) is 13.1 Å². The van der Waals surface area contributed by atoms with Gasteiger partial charge in [0, 0.05) is 18.8 Å². The second-order valence-corrected chi connectivity index (χ2v) is 7.21. The van der Waals surface area contributed by atoms with Gasteiger partial charge in [-0.1, -0.05) is 66.4 Å². The van der Waals surface area contributed by atoms with Crippen LogP contribution in [0.5, 0.6) is 0 Å². The first-order valence-electron chi connectivity index (χ1n) is 7.78. The van der Waals surface area contributed by atoms with E-state index >= 15 is 0 Å². The first-order valence-corrected chi connectivity index (χ1v) is 9.17. The molecule has 0 aliphatic carbocycles. The van der Waals surface area contributed by atoms with Gasteiger partial charge in [-0.05, 0) is 35.6 Å². The number of nitrogens with zero attached hydrogens (tertiary/aromatic N) is 2. The summed E-state index contributed by atoms with van der Waals surface area (Å²) in [5.74, 6) is 0.898. The molecule has 1 fully saturated rings. The van der Waals surface area contributed by atoms with Crippen molar-refractivity contribution in [3.05, 3.63) is 59.7 Å². The fourth-order valence-electron chi connectivity index (χ4n) is 2.75. The van der Waals surface area contributed by atoms with Gasteiger partial charge in [-0.15, -0.1) is 0 Å². The summed E-state index contributed by atoms with van der Waals surface area (Å²) in [7, 11) is 0. The molecule has 2 nitrogen and oxygen atoms in total. The topological polar surface area (TPSA) is 27.0 Å². The lowest BCUT2D eigenvalue weighted by Crippen LogP contribution is -2.23. The van der Waals surface area contributed by atoms with Gasteiger partial charge in [0.2, 0.25) is 0 Å². The summed E-state index contributed by atoms with van der Waals surface area (Å²) in [5.41, 5.74) is 4.04. The number of thiocarbonyl (C=S) groups is 1. The van der Waals surface area contributed by atoms with Gasteiger partial charge in [0.15, 0.2) is 0 Å². The molecule has 0 spiro atoms. The molecular weight excluding hydrogens is 320 g/mol. The van der Waals surface area contributed by atoms with Crippen LogP contribution in [0, 0.1) is 11.3 Å². The van der Waals surface area contributed by atoms with E-state index in [2.05, 4.69) is 35.2 Å². The molecule has 3 rings (SSSR count). The van der Waals surface area contributed by atoms with E-state index in [1.54, 1.807) is 11.8 Å². The monoisotopic (exact) mass is 338 g/mol. The maximum absolute atomic E-state index is 9.21. The molecule has 23 heavy (non-hydrogen) atoms. The van der Waals surface area contributed by atoms with Gasteiger partial charge in [-0.3, -0.25) is 0 Å². The number of thioether (sulfide) groups is 1. The Labute approximate surface area is 147 Å². The molecule has 1 aliphatic heterocycles. The Morgan fingerprint density at radius 3 is 2.48 bits per heavy atom. The van der Waals surface area contributed by atoms with Gasteiger partial charge in [0.25, 0.3) is 0 Å². The van der Waals surface area contributed by atoms with E-state index in [1.807, 2.05) is 24.3 Å². The second-order valence-electron chi connectivity index (χ2n) is 5.60. The van der Waals surface area contributed by atoms with Crippen molar-refractivity contribution >= 4 is 28.3 Å². The van der Waals surface area contributed by atoms with Crippen LogP contribution in [0.3, 0.4) is 0 Å². The maximum atomic E-state index is 9.21. The zero-order valence-corrected chi connectivity index (χ0v) is 14.5. The molecule has 2 aromatic carbocycles. The van der Waals surface area contributed by atoms with Crippen molar-refractivity contribution in [3.63, 3.8) is 0 Å². The number of benzene rings is 2. The molecule has 0 bridgehead atoms. The van der Waals surface area contributed by atoms with E-state index in [1.165, 1.54) is 18.4 Å². The Bertz CT molecular complexity index is 726. The van der Waals surface area contributed by atoms with Gasteiger partial charge in [0.1, 0.15) is 4.32 Å². The van der Waals surface area contributed by atoms with Gasteiger partial charge in [-0.25, -0.2) is 0 Å². The van der Waals surface area contributed by atoms with Crippen LogP contribution >= 0.6 is 24.0 Å². The Kier molecular flexibility index (Phi) is 5.32. The van der Waals surface area contributed by atoms with Gasteiger partial charge in [0.05, 0.1) is 11.6 Å². The van der Waals surface area contributed by atoms with Gasteiger partial charge < -0.3 is 4.90 Å². The highest BCUT2D eigenvalue weighted by Crippen LogP contribution is 2.25. The normalized spacial score (nSPS) is 13.8. The van der Waals surface area contributed by atoms with Crippen LogP contribution in [-0.4, -0.2) is 22.3 Å². The Balaban J connectivity index is 1.65. The van der Waals surface area contributed by atoms with Gasteiger partial charge in [-0.2, -0.15) is 5.26 Å². The molecule has 0 saturated carbocycles. The molecule has 116 valence electrons. The zero-order valence-electron chi connectivity index (χ0n) is 12.9. The van der Waals surface area contributed by atoms with Crippen molar-refractivity contribution in [2.24, 2.45) is 0 Å². The second kappa shape index (κ2) is 7.63. The molecule has 0 radical (unpaired) electrons. The number of rotatable bonds is 3. The minimum atomic E-state index is 0.713. The largest absolute Gasteiger partial charge is 0.358 e. The Morgan fingerprint density at radius 2 is 1.78 bits per heavy atom. The number of nitriles is 1. The predicted octanol–water partition coefficient (Wildman–Crippen LogP) is 4.84. The standard InChI is InChI=1S/C19H18N2S2/c20-13-17-5-1-2-6-18(17)16-9-7-15(8-10-16)14-23-19(22)21-11-3-4-12-21/h1-2,5-10H,3-4,11-12,14H2. The third-order valence-electron chi connectivity index (χ3n) is 4.04. The molecule has 0 N–H and O–H groups in total. The quantitative estimate of drug-likeness (QED) is 0.748. The van der Waals surface area contributed by atoms with E-state index in [0.717, 1.165) is 34.3 Å². The smallest absolute Gasteiger partial charge is 0.136 e. The van der Waals surface area contributed by atoms with Crippen LogP contribution < -0.4 is 0 Å². The number of hydrogen-bond donors (Lipinski definition) is 0. The minimum Gasteiger partial charge on any atom is -0.358 e. The summed E-state index contributed by atoms with van der Waals surface area (Å²) in [5, 5.41) is 9.21. The third-order valence-corrected chi connectivity index (χ3v) is 5.63. The molecule has 0 atom stereocenters. The SMILES string of the molecule is N#Cc1ccccc1-c1ccc(CSC(=S)N2CCCC2)cc1. The van der Waals surface area contributed by atoms with E-state index in [9.17, 15) is 5.26 Å².